The Morgan fingerprint density at radius 2 is 1.81 bits per heavy atom. The summed E-state index contributed by atoms with van der Waals surface area (Å²) >= 11 is 0. The van der Waals surface area contributed by atoms with Gasteiger partial charge in [-0.05, 0) is 25.0 Å². The van der Waals surface area contributed by atoms with Gasteiger partial charge in [0, 0.05) is 25.0 Å². The molecule has 0 saturated carbocycles. The molecule has 3 amide bonds. The summed E-state index contributed by atoms with van der Waals surface area (Å²) < 4.78 is 41.1. The Hall–Kier alpha value is -2.45. The van der Waals surface area contributed by atoms with Crippen molar-refractivity contribution in [2.45, 2.75) is 39.1 Å². The third-order valence-corrected chi connectivity index (χ3v) is 4.00. The van der Waals surface area contributed by atoms with Gasteiger partial charge in [-0.2, -0.15) is 0 Å². The van der Waals surface area contributed by atoms with E-state index in [1.165, 1.54) is 18.2 Å². The van der Waals surface area contributed by atoms with E-state index in [9.17, 15) is 22.8 Å². The average molecular weight is 373 g/mol. The zero-order valence-corrected chi connectivity index (χ0v) is 14.6. The molecule has 0 radical (unpaired) electrons. The summed E-state index contributed by atoms with van der Waals surface area (Å²) in [5.74, 6) is -0.480. The molecule has 0 bridgehead atoms. The number of para-hydroxylation sites is 2. The Morgan fingerprint density at radius 3 is 2.38 bits per heavy atom. The third-order valence-electron chi connectivity index (χ3n) is 4.00. The predicted octanol–water partition coefficient (Wildman–Crippen LogP) is 3.35. The molecule has 0 spiro atoms. The number of nitrogens with zero attached hydrogens (tertiary/aromatic N) is 1. The van der Waals surface area contributed by atoms with Gasteiger partial charge in [-0.3, -0.25) is 4.79 Å². The van der Waals surface area contributed by atoms with Crippen LogP contribution in [0.1, 0.15) is 26.7 Å². The average Bonchev–Trinajstić information content (AvgIpc) is 2.55. The summed E-state index contributed by atoms with van der Waals surface area (Å²) in [6.07, 6.45) is -3.66. The Balaban J connectivity index is 1.88. The summed E-state index contributed by atoms with van der Waals surface area (Å²) in [7, 11) is 0. The van der Waals surface area contributed by atoms with Gasteiger partial charge in [-0.15, -0.1) is 13.2 Å². The van der Waals surface area contributed by atoms with Crippen LogP contribution in [0, 0.1) is 5.92 Å². The van der Waals surface area contributed by atoms with Gasteiger partial charge in [-0.25, -0.2) is 4.79 Å². The van der Waals surface area contributed by atoms with Crippen molar-refractivity contribution >= 4 is 17.6 Å². The van der Waals surface area contributed by atoms with Crippen LogP contribution >= 0.6 is 0 Å². The molecule has 6 nitrogen and oxygen atoms in total. The van der Waals surface area contributed by atoms with Gasteiger partial charge in [-0.1, -0.05) is 26.0 Å². The number of carbonyl (C=O) groups excluding carboxylic acids is 2. The fourth-order valence-electron chi connectivity index (χ4n) is 2.74. The molecule has 0 unspecified atom stereocenters. The third kappa shape index (κ3) is 5.82. The lowest BCUT2D eigenvalue weighted by Gasteiger charge is -2.33. The number of rotatable bonds is 4. The van der Waals surface area contributed by atoms with E-state index in [2.05, 4.69) is 15.4 Å². The van der Waals surface area contributed by atoms with Crippen LogP contribution in [0.25, 0.3) is 0 Å². The second kappa shape index (κ2) is 8.29. The zero-order valence-electron chi connectivity index (χ0n) is 14.6. The Labute approximate surface area is 149 Å². The molecule has 0 aliphatic carbocycles. The first-order valence-corrected chi connectivity index (χ1v) is 8.37. The molecule has 26 heavy (non-hydrogen) atoms. The highest BCUT2D eigenvalue weighted by Gasteiger charge is 2.32. The number of alkyl halides is 3. The molecule has 144 valence electrons. The number of likely N-dealkylation sites (tertiary alicyclic amines) is 1. The van der Waals surface area contributed by atoms with E-state index in [1.54, 1.807) is 4.90 Å². The van der Waals surface area contributed by atoms with E-state index in [0.29, 0.717) is 25.9 Å². The van der Waals surface area contributed by atoms with Gasteiger partial charge < -0.3 is 20.3 Å². The summed E-state index contributed by atoms with van der Waals surface area (Å²) in [5, 5.41) is 5.10. The predicted molar refractivity (Wildman–Crippen MR) is 89.7 cm³/mol. The van der Waals surface area contributed by atoms with E-state index < -0.39 is 18.1 Å². The monoisotopic (exact) mass is 373 g/mol. The number of carbonyl (C=O) groups is 2. The quantitative estimate of drug-likeness (QED) is 0.850. The van der Waals surface area contributed by atoms with Crippen LogP contribution in [0.4, 0.5) is 23.7 Å². The number of benzene rings is 1. The lowest BCUT2D eigenvalue weighted by molar-refractivity contribution is -0.274. The van der Waals surface area contributed by atoms with Crippen LogP contribution in [-0.2, 0) is 4.79 Å². The number of amides is 3. The summed E-state index contributed by atoms with van der Waals surface area (Å²) in [4.78, 5) is 25.8. The summed E-state index contributed by atoms with van der Waals surface area (Å²) in [6.45, 7) is 4.74. The van der Waals surface area contributed by atoms with Crippen LogP contribution in [0.15, 0.2) is 24.3 Å². The van der Waals surface area contributed by atoms with Gasteiger partial charge in [0.2, 0.25) is 5.91 Å². The van der Waals surface area contributed by atoms with E-state index in [1.807, 2.05) is 13.8 Å². The molecular formula is C17H22F3N3O3. The molecule has 1 fully saturated rings. The molecule has 1 saturated heterocycles. The molecule has 1 heterocycles. The topological polar surface area (TPSA) is 70.7 Å². The number of urea groups is 1. The second-order valence-corrected chi connectivity index (χ2v) is 6.40. The maximum Gasteiger partial charge on any atom is 0.573 e. The number of anilines is 1. The zero-order chi connectivity index (χ0) is 19.3. The molecule has 2 rings (SSSR count). The number of halogens is 3. The van der Waals surface area contributed by atoms with Gasteiger partial charge in [0.05, 0.1) is 5.69 Å². The Kier molecular flexibility index (Phi) is 6.33. The van der Waals surface area contributed by atoms with Crippen LogP contribution in [0.3, 0.4) is 0 Å². The molecule has 0 aromatic heterocycles. The Bertz CT molecular complexity index is 642. The van der Waals surface area contributed by atoms with E-state index in [-0.39, 0.29) is 23.6 Å². The van der Waals surface area contributed by atoms with Crippen molar-refractivity contribution in [3.05, 3.63) is 24.3 Å². The molecule has 1 aliphatic rings. The van der Waals surface area contributed by atoms with Gasteiger partial charge in [0.25, 0.3) is 0 Å². The highest BCUT2D eigenvalue weighted by Crippen LogP contribution is 2.29. The summed E-state index contributed by atoms with van der Waals surface area (Å²) in [5.41, 5.74) is -0.0743. The number of hydrogen-bond donors (Lipinski definition) is 2. The van der Waals surface area contributed by atoms with Crippen LogP contribution in [-0.4, -0.2) is 42.3 Å². The molecule has 1 aliphatic heterocycles. The minimum absolute atomic E-state index is 0.0743. The van der Waals surface area contributed by atoms with Crippen molar-refractivity contribution in [3.63, 3.8) is 0 Å². The number of nitrogens with one attached hydrogen (secondary N) is 2. The van der Waals surface area contributed by atoms with Gasteiger partial charge in [0.1, 0.15) is 0 Å². The maximum absolute atomic E-state index is 12.4. The maximum atomic E-state index is 12.4. The van der Waals surface area contributed by atoms with Gasteiger partial charge in [0.15, 0.2) is 5.75 Å². The smallest absolute Gasteiger partial charge is 0.404 e. The number of ether oxygens (including phenoxy) is 1. The highest BCUT2D eigenvalue weighted by molar-refractivity contribution is 5.91. The molecule has 2 N–H and O–H groups in total. The van der Waals surface area contributed by atoms with Crippen molar-refractivity contribution < 1.29 is 27.5 Å². The molecule has 1 aromatic carbocycles. The minimum atomic E-state index is -4.84. The van der Waals surface area contributed by atoms with Crippen molar-refractivity contribution in [2.24, 2.45) is 5.92 Å². The highest BCUT2D eigenvalue weighted by atomic mass is 19.4. The van der Waals surface area contributed by atoms with Crippen molar-refractivity contribution in [3.8, 4) is 5.75 Å². The van der Waals surface area contributed by atoms with Crippen LogP contribution in [0.5, 0.6) is 5.75 Å². The van der Waals surface area contributed by atoms with E-state index in [4.69, 9.17) is 0 Å². The first-order valence-electron chi connectivity index (χ1n) is 8.37. The normalized spacial score (nSPS) is 15.7. The lowest BCUT2D eigenvalue weighted by Crippen LogP contribution is -2.48. The van der Waals surface area contributed by atoms with Crippen molar-refractivity contribution in [2.75, 3.05) is 18.4 Å². The SMILES string of the molecule is CC(C)C(=O)N1CCC(NC(=O)Nc2ccccc2OC(F)(F)F)CC1. The van der Waals surface area contributed by atoms with Crippen molar-refractivity contribution in [1.82, 2.24) is 10.2 Å². The number of hydrogen-bond acceptors (Lipinski definition) is 3. The van der Waals surface area contributed by atoms with E-state index in [0.717, 1.165) is 6.07 Å². The second-order valence-electron chi connectivity index (χ2n) is 6.40. The minimum Gasteiger partial charge on any atom is -0.404 e. The molecule has 0 atom stereocenters. The fourth-order valence-corrected chi connectivity index (χ4v) is 2.74. The largest absolute Gasteiger partial charge is 0.573 e. The van der Waals surface area contributed by atoms with Crippen LogP contribution < -0.4 is 15.4 Å². The van der Waals surface area contributed by atoms with Crippen molar-refractivity contribution in [1.29, 1.82) is 0 Å². The lowest BCUT2D eigenvalue weighted by atomic mass is 10.0. The van der Waals surface area contributed by atoms with E-state index >= 15 is 0 Å². The Morgan fingerprint density at radius 1 is 1.19 bits per heavy atom. The molecule has 9 heteroatoms. The number of piperidine rings is 1. The standard InChI is InChI=1S/C17H22F3N3O3/c1-11(2)15(24)23-9-7-12(8-10-23)21-16(25)22-13-5-3-4-6-14(13)26-17(18,19)20/h3-6,11-12H,7-10H2,1-2H3,(H2,21,22,25). The van der Waals surface area contributed by atoms with Crippen LogP contribution in [0.2, 0.25) is 0 Å². The summed E-state index contributed by atoms with van der Waals surface area (Å²) in [6, 6.07) is 4.56. The molecular weight excluding hydrogens is 351 g/mol. The first-order chi connectivity index (χ1) is 12.2. The molecule has 1 aromatic rings. The van der Waals surface area contributed by atoms with Gasteiger partial charge >= 0.3 is 12.4 Å². The first kappa shape index (κ1) is 19.9. The fraction of sp³-hybridized carbons (Fsp3) is 0.529.